The summed E-state index contributed by atoms with van der Waals surface area (Å²) in [5.41, 5.74) is 0.297. The van der Waals surface area contributed by atoms with Crippen molar-refractivity contribution in [1.29, 1.82) is 0 Å². The maximum Gasteiger partial charge on any atom is 0.416 e. The Labute approximate surface area is 102 Å². The lowest BCUT2D eigenvalue weighted by Crippen LogP contribution is -2.04. The van der Waals surface area contributed by atoms with Crippen molar-refractivity contribution in [1.82, 2.24) is 9.97 Å². The highest BCUT2D eigenvalue weighted by Gasteiger charge is 2.30. The third-order valence-electron chi connectivity index (χ3n) is 2.40. The molecule has 6 heteroatoms. The van der Waals surface area contributed by atoms with Crippen LogP contribution in [0.15, 0.2) is 36.7 Å². The van der Waals surface area contributed by atoms with E-state index in [0.29, 0.717) is 17.1 Å². The standard InChI is InChI=1S/C12H10F3N3/c1-16-11-17-6-9(7-18-11)8-3-2-4-10(5-8)12(13,14)15/h2-7H,1H3,(H,16,17,18). The van der Waals surface area contributed by atoms with Crippen LogP contribution in [0.1, 0.15) is 5.56 Å². The van der Waals surface area contributed by atoms with E-state index in [0.717, 1.165) is 12.1 Å². The summed E-state index contributed by atoms with van der Waals surface area (Å²) in [7, 11) is 1.67. The monoisotopic (exact) mass is 253 g/mol. The number of anilines is 1. The molecule has 0 saturated heterocycles. The van der Waals surface area contributed by atoms with Crippen LogP contribution in [-0.2, 0) is 6.18 Å². The number of benzene rings is 1. The number of halogens is 3. The van der Waals surface area contributed by atoms with E-state index in [1.807, 2.05) is 0 Å². The predicted molar refractivity (Wildman–Crippen MR) is 62.0 cm³/mol. The van der Waals surface area contributed by atoms with E-state index < -0.39 is 11.7 Å². The molecule has 0 bridgehead atoms. The molecule has 1 aromatic heterocycles. The molecule has 3 nitrogen and oxygen atoms in total. The fourth-order valence-electron chi connectivity index (χ4n) is 1.48. The SMILES string of the molecule is CNc1ncc(-c2cccc(C(F)(F)F)c2)cn1. The second-order valence-corrected chi connectivity index (χ2v) is 3.62. The number of hydrogen-bond acceptors (Lipinski definition) is 3. The second kappa shape index (κ2) is 4.64. The lowest BCUT2D eigenvalue weighted by atomic mass is 10.1. The molecule has 2 aromatic rings. The first-order valence-electron chi connectivity index (χ1n) is 5.18. The summed E-state index contributed by atoms with van der Waals surface area (Å²) in [6.07, 6.45) is -1.38. The van der Waals surface area contributed by atoms with Crippen LogP contribution in [-0.4, -0.2) is 17.0 Å². The number of nitrogens with one attached hydrogen (secondary N) is 1. The van der Waals surface area contributed by atoms with Crippen LogP contribution in [0.3, 0.4) is 0 Å². The highest BCUT2D eigenvalue weighted by molar-refractivity contribution is 5.63. The molecule has 1 aromatic carbocycles. The topological polar surface area (TPSA) is 37.8 Å². The highest BCUT2D eigenvalue weighted by Crippen LogP contribution is 2.31. The van der Waals surface area contributed by atoms with Crippen LogP contribution >= 0.6 is 0 Å². The molecule has 0 spiro atoms. The molecule has 0 aliphatic carbocycles. The van der Waals surface area contributed by atoms with E-state index in [1.54, 1.807) is 13.1 Å². The molecule has 0 amide bonds. The average molecular weight is 253 g/mol. The van der Waals surface area contributed by atoms with Gasteiger partial charge in [0.25, 0.3) is 0 Å². The summed E-state index contributed by atoms with van der Waals surface area (Å²) >= 11 is 0. The average Bonchev–Trinajstić information content (AvgIpc) is 2.38. The van der Waals surface area contributed by atoms with Crippen LogP contribution < -0.4 is 5.32 Å². The number of alkyl halides is 3. The lowest BCUT2D eigenvalue weighted by Gasteiger charge is -2.08. The molecule has 0 aliphatic rings. The molecule has 0 atom stereocenters. The van der Waals surface area contributed by atoms with Gasteiger partial charge in [0.2, 0.25) is 5.95 Å². The Morgan fingerprint density at radius 1 is 1.06 bits per heavy atom. The first-order chi connectivity index (χ1) is 8.50. The molecule has 0 aliphatic heterocycles. The molecule has 1 N–H and O–H groups in total. The normalized spacial score (nSPS) is 11.3. The highest BCUT2D eigenvalue weighted by atomic mass is 19.4. The fourth-order valence-corrected chi connectivity index (χ4v) is 1.48. The number of nitrogens with zero attached hydrogens (tertiary/aromatic N) is 2. The minimum Gasteiger partial charge on any atom is -0.357 e. The van der Waals surface area contributed by atoms with Crippen molar-refractivity contribution in [3.05, 3.63) is 42.2 Å². The van der Waals surface area contributed by atoms with Crippen molar-refractivity contribution < 1.29 is 13.2 Å². The van der Waals surface area contributed by atoms with Gasteiger partial charge in [-0.2, -0.15) is 13.2 Å². The predicted octanol–water partition coefficient (Wildman–Crippen LogP) is 3.20. The largest absolute Gasteiger partial charge is 0.416 e. The lowest BCUT2D eigenvalue weighted by molar-refractivity contribution is -0.137. The van der Waals surface area contributed by atoms with Gasteiger partial charge in [-0.15, -0.1) is 0 Å². The molecule has 1 heterocycles. The van der Waals surface area contributed by atoms with Crippen molar-refractivity contribution >= 4 is 5.95 Å². The maximum atomic E-state index is 12.6. The van der Waals surface area contributed by atoms with Gasteiger partial charge in [-0.3, -0.25) is 0 Å². The van der Waals surface area contributed by atoms with Gasteiger partial charge in [0.1, 0.15) is 0 Å². The van der Waals surface area contributed by atoms with Crippen molar-refractivity contribution in [2.75, 3.05) is 12.4 Å². The molecule has 0 saturated carbocycles. The Morgan fingerprint density at radius 2 is 1.72 bits per heavy atom. The van der Waals surface area contributed by atoms with Gasteiger partial charge in [-0.1, -0.05) is 12.1 Å². The Hall–Kier alpha value is -2.11. The summed E-state index contributed by atoms with van der Waals surface area (Å²) < 4.78 is 37.7. The molecule has 0 radical (unpaired) electrons. The molecular formula is C12H10F3N3. The minimum absolute atomic E-state index is 0.422. The molecule has 2 rings (SSSR count). The van der Waals surface area contributed by atoms with E-state index >= 15 is 0 Å². The van der Waals surface area contributed by atoms with Crippen molar-refractivity contribution in [3.8, 4) is 11.1 Å². The van der Waals surface area contributed by atoms with E-state index in [4.69, 9.17) is 0 Å². The summed E-state index contributed by atoms with van der Waals surface area (Å²) in [6.45, 7) is 0. The van der Waals surface area contributed by atoms with Crippen molar-refractivity contribution in [2.45, 2.75) is 6.18 Å². The third kappa shape index (κ3) is 2.58. The van der Waals surface area contributed by atoms with Crippen LogP contribution in [0.4, 0.5) is 19.1 Å². The Morgan fingerprint density at radius 3 is 2.28 bits per heavy atom. The Balaban J connectivity index is 2.38. The smallest absolute Gasteiger partial charge is 0.357 e. The molecule has 94 valence electrons. The Bertz CT molecular complexity index is 535. The molecule has 18 heavy (non-hydrogen) atoms. The van der Waals surface area contributed by atoms with Crippen LogP contribution in [0, 0.1) is 0 Å². The van der Waals surface area contributed by atoms with Gasteiger partial charge in [0, 0.05) is 25.0 Å². The van der Waals surface area contributed by atoms with E-state index in [1.165, 1.54) is 18.5 Å². The molecule has 0 fully saturated rings. The fraction of sp³-hybridized carbons (Fsp3) is 0.167. The van der Waals surface area contributed by atoms with Gasteiger partial charge in [-0.25, -0.2) is 9.97 Å². The van der Waals surface area contributed by atoms with Crippen LogP contribution in [0.25, 0.3) is 11.1 Å². The second-order valence-electron chi connectivity index (χ2n) is 3.62. The first-order valence-corrected chi connectivity index (χ1v) is 5.18. The van der Waals surface area contributed by atoms with Gasteiger partial charge < -0.3 is 5.32 Å². The summed E-state index contributed by atoms with van der Waals surface area (Å²) in [5.74, 6) is 0.422. The quantitative estimate of drug-likeness (QED) is 0.893. The van der Waals surface area contributed by atoms with Crippen molar-refractivity contribution in [3.63, 3.8) is 0 Å². The van der Waals surface area contributed by atoms with E-state index in [2.05, 4.69) is 15.3 Å². The number of aromatic nitrogens is 2. The summed E-state index contributed by atoms with van der Waals surface area (Å²) in [4.78, 5) is 7.92. The number of hydrogen-bond donors (Lipinski definition) is 1. The van der Waals surface area contributed by atoms with Gasteiger partial charge >= 0.3 is 6.18 Å². The maximum absolute atomic E-state index is 12.6. The van der Waals surface area contributed by atoms with Gasteiger partial charge in [0.15, 0.2) is 0 Å². The van der Waals surface area contributed by atoms with Crippen molar-refractivity contribution in [2.24, 2.45) is 0 Å². The van der Waals surface area contributed by atoms with Crippen LogP contribution in [0.5, 0.6) is 0 Å². The molecule has 0 unspecified atom stereocenters. The van der Waals surface area contributed by atoms with E-state index in [-0.39, 0.29) is 0 Å². The zero-order chi connectivity index (χ0) is 13.2. The van der Waals surface area contributed by atoms with Gasteiger partial charge in [0.05, 0.1) is 5.56 Å². The third-order valence-corrected chi connectivity index (χ3v) is 2.40. The zero-order valence-corrected chi connectivity index (χ0v) is 9.49. The minimum atomic E-state index is -4.35. The number of rotatable bonds is 2. The van der Waals surface area contributed by atoms with Gasteiger partial charge in [-0.05, 0) is 17.7 Å². The zero-order valence-electron chi connectivity index (χ0n) is 9.49. The molecular weight excluding hydrogens is 243 g/mol. The summed E-state index contributed by atoms with van der Waals surface area (Å²) in [6, 6.07) is 5.07. The Kier molecular flexibility index (Phi) is 3.18. The van der Waals surface area contributed by atoms with E-state index in [9.17, 15) is 13.2 Å². The first kappa shape index (κ1) is 12.3. The summed E-state index contributed by atoms with van der Waals surface area (Å²) in [5, 5.41) is 2.74. The van der Waals surface area contributed by atoms with Crippen LogP contribution in [0.2, 0.25) is 0 Å².